The van der Waals surface area contributed by atoms with Crippen molar-refractivity contribution in [3.8, 4) is 0 Å². The van der Waals surface area contributed by atoms with E-state index < -0.39 is 0 Å². The average molecular weight is 272 g/mol. The number of benzene rings is 1. The molecule has 1 atom stereocenters. The van der Waals surface area contributed by atoms with Crippen molar-refractivity contribution in [2.75, 3.05) is 0 Å². The van der Waals surface area contributed by atoms with Crippen LogP contribution in [0.3, 0.4) is 0 Å². The summed E-state index contributed by atoms with van der Waals surface area (Å²) in [6.45, 7) is 1.89. The summed E-state index contributed by atoms with van der Waals surface area (Å²) in [5.41, 5.74) is 3.94. The number of imidazole rings is 1. The first kappa shape index (κ1) is 11.9. The summed E-state index contributed by atoms with van der Waals surface area (Å²) in [4.78, 5) is 23.5. The van der Waals surface area contributed by atoms with Crippen LogP contribution < -0.4 is 5.32 Å². The van der Waals surface area contributed by atoms with E-state index in [0.717, 1.165) is 16.9 Å². The third-order valence-electron chi connectivity index (χ3n) is 2.83. The van der Waals surface area contributed by atoms with E-state index in [9.17, 15) is 4.79 Å². The summed E-state index contributed by atoms with van der Waals surface area (Å²) < 4.78 is 0. The number of H-pyrrole nitrogens is 1. The molecule has 0 radical (unpaired) electrons. The number of rotatable bonds is 3. The van der Waals surface area contributed by atoms with E-state index in [1.165, 1.54) is 11.3 Å². The zero-order valence-electron chi connectivity index (χ0n) is 10.3. The lowest BCUT2D eigenvalue weighted by Gasteiger charge is -2.09. The van der Waals surface area contributed by atoms with Gasteiger partial charge >= 0.3 is 0 Å². The van der Waals surface area contributed by atoms with Crippen LogP contribution in [0, 0.1) is 0 Å². The van der Waals surface area contributed by atoms with Gasteiger partial charge in [0.05, 0.1) is 22.6 Å². The lowest BCUT2D eigenvalue weighted by atomic mass is 10.3. The Morgan fingerprint density at radius 1 is 1.42 bits per heavy atom. The second kappa shape index (κ2) is 4.81. The molecule has 96 valence electrons. The van der Waals surface area contributed by atoms with Gasteiger partial charge in [-0.2, -0.15) is 0 Å². The van der Waals surface area contributed by atoms with Gasteiger partial charge in [0, 0.05) is 5.38 Å². The number of fused-ring (bicyclic) bond motifs is 1. The van der Waals surface area contributed by atoms with Gasteiger partial charge in [0.15, 0.2) is 0 Å². The summed E-state index contributed by atoms with van der Waals surface area (Å²) in [5, 5.41) is 4.59. The fourth-order valence-electron chi connectivity index (χ4n) is 1.84. The molecule has 3 rings (SSSR count). The number of nitrogens with one attached hydrogen (secondary N) is 2. The Kier molecular flexibility index (Phi) is 3.00. The van der Waals surface area contributed by atoms with Crippen LogP contribution in [0.1, 0.15) is 29.3 Å². The molecule has 2 aromatic heterocycles. The summed E-state index contributed by atoms with van der Waals surface area (Å²) >= 11 is 1.40. The average Bonchev–Trinajstić information content (AvgIpc) is 3.07. The van der Waals surface area contributed by atoms with Crippen LogP contribution >= 0.6 is 11.3 Å². The fourth-order valence-corrected chi connectivity index (χ4v) is 2.37. The van der Waals surface area contributed by atoms with Crippen molar-refractivity contribution in [1.82, 2.24) is 20.3 Å². The molecule has 2 N–H and O–H groups in total. The highest BCUT2D eigenvalue weighted by Crippen LogP contribution is 2.15. The number of amides is 1. The van der Waals surface area contributed by atoms with Gasteiger partial charge in [-0.3, -0.25) is 4.79 Å². The number of aromatic nitrogens is 3. The molecule has 1 amide bonds. The third kappa shape index (κ3) is 2.34. The van der Waals surface area contributed by atoms with Gasteiger partial charge in [0.25, 0.3) is 5.91 Å². The molecule has 0 aliphatic rings. The second-order valence-electron chi connectivity index (χ2n) is 4.21. The minimum atomic E-state index is -0.193. The minimum absolute atomic E-state index is 0.186. The lowest BCUT2D eigenvalue weighted by molar-refractivity contribution is 0.0934. The van der Waals surface area contributed by atoms with Crippen LogP contribution in [0.25, 0.3) is 11.0 Å². The Morgan fingerprint density at radius 2 is 2.26 bits per heavy atom. The normalized spacial score (nSPS) is 12.5. The second-order valence-corrected chi connectivity index (χ2v) is 4.93. The maximum absolute atomic E-state index is 11.9. The zero-order chi connectivity index (χ0) is 13.2. The van der Waals surface area contributed by atoms with Crippen LogP contribution in [-0.2, 0) is 0 Å². The Balaban J connectivity index is 1.80. The predicted molar refractivity (Wildman–Crippen MR) is 74.1 cm³/mol. The quantitative estimate of drug-likeness (QED) is 0.769. The van der Waals surface area contributed by atoms with E-state index in [0.29, 0.717) is 5.69 Å². The SMILES string of the molecule is CC(NC(=O)c1cscn1)c1nc2ccccc2[nH]1. The van der Waals surface area contributed by atoms with Crippen LogP contribution in [0.15, 0.2) is 35.2 Å². The van der Waals surface area contributed by atoms with Crippen LogP contribution in [0.2, 0.25) is 0 Å². The van der Waals surface area contributed by atoms with E-state index in [4.69, 9.17) is 0 Å². The molecule has 0 saturated heterocycles. The third-order valence-corrected chi connectivity index (χ3v) is 3.42. The summed E-state index contributed by atoms with van der Waals surface area (Å²) in [6.07, 6.45) is 0. The molecule has 1 unspecified atom stereocenters. The molecule has 0 saturated carbocycles. The van der Waals surface area contributed by atoms with Crippen LogP contribution in [0.5, 0.6) is 0 Å². The maximum atomic E-state index is 11.9. The van der Waals surface area contributed by atoms with Gasteiger partial charge in [-0.1, -0.05) is 12.1 Å². The Morgan fingerprint density at radius 3 is 3.00 bits per heavy atom. The number of aromatic amines is 1. The number of nitrogens with zero attached hydrogens (tertiary/aromatic N) is 2. The smallest absolute Gasteiger partial charge is 0.271 e. The highest BCUT2D eigenvalue weighted by atomic mass is 32.1. The number of carbonyl (C=O) groups excluding carboxylic acids is 1. The number of hydrogen-bond acceptors (Lipinski definition) is 4. The molecule has 0 spiro atoms. The summed E-state index contributed by atoms with van der Waals surface area (Å²) in [6, 6.07) is 7.58. The molecule has 19 heavy (non-hydrogen) atoms. The molecule has 1 aromatic carbocycles. The van der Waals surface area contributed by atoms with Gasteiger partial charge < -0.3 is 10.3 Å². The van der Waals surface area contributed by atoms with Crippen LogP contribution in [-0.4, -0.2) is 20.9 Å². The molecule has 3 aromatic rings. The zero-order valence-corrected chi connectivity index (χ0v) is 11.1. The highest BCUT2D eigenvalue weighted by molar-refractivity contribution is 7.07. The highest BCUT2D eigenvalue weighted by Gasteiger charge is 2.15. The molecule has 2 heterocycles. The molecule has 0 fully saturated rings. The number of thiazole rings is 1. The summed E-state index contributed by atoms with van der Waals surface area (Å²) in [7, 11) is 0. The Labute approximate surface area is 113 Å². The van der Waals surface area contributed by atoms with Crippen molar-refractivity contribution in [3.63, 3.8) is 0 Å². The van der Waals surface area contributed by atoms with Gasteiger partial charge in [-0.15, -0.1) is 11.3 Å². The van der Waals surface area contributed by atoms with Crippen molar-refractivity contribution in [2.45, 2.75) is 13.0 Å². The van der Waals surface area contributed by atoms with Crippen molar-refractivity contribution in [3.05, 3.63) is 46.7 Å². The van der Waals surface area contributed by atoms with Crippen molar-refractivity contribution in [2.24, 2.45) is 0 Å². The topological polar surface area (TPSA) is 70.7 Å². The predicted octanol–water partition coefficient (Wildman–Crippen LogP) is 2.51. The monoisotopic (exact) mass is 272 g/mol. The Hall–Kier alpha value is -2.21. The van der Waals surface area contributed by atoms with E-state index in [1.807, 2.05) is 31.2 Å². The Bertz CT molecular complexity index is 671. The first-order valence-corrected chi connectivity index (χ1v) is 6.82. The molecule has 6 heteroatoms. The molecule has 0 bridgehead atoms. The minimum Gasteiger partial charge on any atom is -0.341 e. The van der Waals surface area contributed by atoms with E-state index in [1.54, 1.807) is 10.9 Å². The summed E-state index contributed by atoms with van der Waals surface area (Å²) in [5.74, 6) is 0.555. The first-order chi connectivity index (χ1) is 9.24. The van der Waals surface area contributed by atoms with Gasteiger partial charge in [-0.05, 0) is 19.1 Å². The van der Waals surface area contributed by atoms with Gasteiger partial charge in [-0.25, -0.2) is 9.97 Å². The van der Waals surface area contributed by atoms with Gasteiger partial charge in [0.1, 0.15) is 11.5 Å². The van der Waals surface area contributed by atoms with Crippen molar-refractivity contribution < 1.29 is 4.79 Å². The van der Waals surface area contributed by atoms with Crippen molar-refractivity contribution in [1.29, 1.82) is 0 Å². The first-order valence-electron chi connectivity index (χ1n) is 5.88. The lowest BCUT2D eigenvalue weighted by Crippen LogP contribution is -2.27. The number of carbonyl (C=O) groups is 1. The molecule has 5 nitrogen and oxygen atoms in total. The molecular weight excluding hydrogens is 260 g/mol. The standard InChI is InChI=1S/C13H12N4OS/c1-8(15-13(18)11-6-19-7-14-11)12-16-9-4-2-3-5-10(9)17-12/h2-8H,1H3,(H,15,18)(H,16,17). The van der Waals surface area contributed by atoms with E-state index in [-0.39, 0.29) is 11.9 Å². The van der Waals surface area contributed by atoms with Gasteiger partial charge in [0.2, 0.25) is 0 Å². The molecular formula is C13H12N4OS. The van der Waals surface area contributed by atoms with E-state index >= 15 is 0 Å². The number of hydrogen-bond donors (Lipinski definition) is 2. The molecule has 0 aliphatic heterocycles. The largest absolute Gasteiger partial charge is 0.341 e. The van der Waals surface area contributed by atoms with E-state index in [2.05, 4.69) is 20.3 Å². The maximum Gasteiger partial charge on any atom is 0.271 e. The fraction of sp³-hybridized carbons (Fsp3) is 0.154. The number of para-hydroxylation sites is 2. The van der Waals surface area contributed by atoms with Crippen molar-refractivity contribution >= 4 is 28.3 Å². The van der Waals surface area contributed by atoms with Crippen LogP contribution in [0.4, 0.5) is 0 Å². The molecule has 0 aliphatic carbocycles.